The van der Waals surface area contributed by atoms with Gasteiger partial charge in [0.15, 0.2) is 0 Å². The molecule has 3 nitrogen and oxygen atoms in total. The maximum atomic E-state index is 12.9. The van der Waals surface area contributed by atoms with Crippen molar-refractivity contribution in [3.63, 3.8) is 0 Å². The Morgan fingerprint density at radius 2 is 2.19 bits per heavy atom. The van der Waals surface area contributed by atoms with Crippen LogP contribution < -0.4 is 0 Å². The number of aliphatic hydroxyl groups excluding tert-OH is 1. The molecule has 0 heterocycles. The number of carboxylic acids is 1. The molecule has 0 aliphatic carbocycles. The minimum atomic E-state index is -1.03. The fraction of sp³-hybridized carbons (Fsp3) is 0.250. The van der Waals surface area contributed by atoms with Gasteiger partial charge in [0.1, 0.15) is 5.82 Å². The molecule has 1 aromatic carbocycles. The average Bonchev–Trinajstić information content (AvgIpc) is 2.20. The topological polar surface area (TPSA) is 57.5 Å². The number of rotatable bonds is 3. The molecule has 1 aromatic rings. The average molecular weight is 222 g/mol. The van der Waals surface area contributed by atoms with E-state index in [4.69, 9.17) is 10.2 Å². The van der Waals surface area contributed by atoms with Gasteiger partial charge >= 0.3 is 5.97 Å². The van der Waals surface area contributed by atoms with Crippen molar-refractivity contribution >= 4 is 5.97 Å². The van der Waals surface area contributed by atoms with Crippen LogP contribution in [0.15, 0.2) is 18.2 Å². The lowest BCUT2D eigenvalue weighted by atomic mass is 10.0. The molecule has 2 N–H and O–H groups in total. The molecule has 0 saturated heterocycles. The van der Waals surface area contributed by atoms with Crippen LogP contribution in [0.1, 0.15) is 17.5 Å². The van der Waals surface area contributed by atoms with E-state index in [0.717, 1.165) is 6.07 Å². The Morgan fingerprint density at radius 3 is 2.81 bits per heavy atom. The van der Waals surface area contributed by atoms with Crippen LogP contribution in [0.3, 0.4) is 0 Å². The molecule has 84 valence electrons. The molecule has 0 spiro atoms. The minimum Gasteiger partial charge on any atom is -0.481 e. The molecule has 0 radical (unpaired) electrons. The molecule has 0 aliphatic heterocycles. The first-order chi connectivity index (χ1) is 7.63. The van der Waals surface area contributed by atoms with Gasteiger partial charge in [-0.2, -0.15) is 0 Å². The minimum absolute atomic E-state index is 0.0531. The summed E-state index contributed by atoms with van der Waals surface area (Å²) in [5.41, 5.74) is 0.829. The highest BCUT2D eigenvalue weighted by molar-refractivity contribution is 5.71. The fourth-order valence-electron chi connectivity index (χ4n) is 1.21. The summed E-state index contributed by atoms with van der Waals surface area (Å²) in [6, 6.07) is 3.84. The van der Waals surface area contributed by atoms with Crippen LogP contribution >= 0.6 is 0 Å². The van der Waals surface area contributed by atoms with Crippen molar-refractivity contribution in [2.24, 2.45) is 0 Å². The van der Waals surface area contributed by atoms with E-state index in [-0.39, 0.29) is 13.0 Å². The lowest BCUT2D eigenvalue weighted by Crippen LogP contribution is -2.02. The summed E-state index contributed by atoms with van der Waals surface area (Å²) >= 11 is 0. The van der Waals surface area contributed by atoms with Gasteiger partial charge in [-0.05, 0) is 23.8 Å². The number of hydrogen-bond donors (Lipinski definition) is 2. The number of aliphatic carboxylic acids is 1. The highest BCUT2D eigenvalue weighted by atomic mass is 19.1. The SMILES string of the molecule is O=C(O)Cc1cc(F)ccc1C#CCCO. The van der Waals surface area contributed by atoms with E-state index in [2.05, 4.69) is 11.8 Å². The van der Waals surface area contributed by atoms with Crippen molar-refractivity contribution < 1.29 is 19.4 Å². The highest BCUT2D eigenvalue weighted by Crippen LogP contribution is 2.11. The summed E-state index contributed by atoms with van der Waals surface area (Å²) in [6.07, 6.45) is 0.0464. The molecule has 0 aliphatic rings. The monoisotopic (exact) mass is 222 g/mol. The zero-order chi connectivity index (χ0) is 12.0. The zero-order valence-electron chi connectivity index (χ0n) is 8.53. The third-order valence-corrected chi connectivity index (χ3v) is 1.87. The Morgan fingerprint density at radius 1 is 1.44 bits per heavy atom. The summed E-state index contributed by atoms with van der Waals surface area (Å²) in [7, 11) is 0. The second-order valence-corrected chi connectivity index (χ2v) is 3.15. The molecule has 1 rings (SSSR count). The number of aliphatic hydroxyl groups is 1. The van der Waals surface area contributed by atoms with Crippen molar-refractivity contribution in [1.82, 2.24) is 0 Å². The van der Waals surface area contributed by atoms with Gasteiger partial charge in [0, 0.05) is 12.0 Å². The molecule has 16 heavy (non-hydrogen) atoms. The van der Waals surface area contributed by atoms with Crippen LogP contribution in [0.5, 0.6) is 0 Å². The summed E-state index contributed by atoms with van der Waals surface area (Å²) in [5.74, 6) is 3.86. The Balaban J connectivity index is 2.99. The van der Waals surface area contributed by atoms with Crippen LogP contribution in [0.2, 0.25) is 0 Å². The van der Waals surface area contributed by atoms with Gasteiger partial charge in [-0.3, -0.25) is 4.79 Å². The van der Waals surface area contributed by atoms with Gasteiger partial charge in [0.05, 0.1) is 13.0 Å². The molecular weight excluding hydrogens is 211 g/mol. The smallest absolute Gasteiger partial charge is 0.307 e. The first-order valence-corrected chi connectivity index (χ1v) is 4.73. The number of hydrogen-bond acceptors (Lipinski definition) is 2. The van der Waals surface area contributed by atoms with Crippen LogP contribution in [0.4, 0.5) is 4.39 Å². The second-order valence-electron chi connectivity index (χ2n) is 3.15. The molecular formula is C12H11FO3. The summed E-state index contributed by atoms with van der Waals surface area (Å²) < 4.78 is 12.9. The van der Waals surface area contributed by atoms with Crippen LogP contribution in [0, 0.1) is 17.7 Å². The molecule has 0 atom stereocenters. The van der Waals surface area contributed by atoms with Crippen molar-refractivity contribution in [1.29, 1.82) is 0 Å². The molecule has 0 saturated carbocycles. The number of halogens is 1. The van der Waals surface area contributed by atoms with E-state index >= 15 is 0 Å². The predicted molar refractivity (Wildman–Crippen MR) is 56.3 cm³/mol. The quantitative estimate of drug-likeness (QED) is 0.755. The second kappa shape index (κ2) is 5.89. The van der Waals surface area contributed by atoms with Crippen molar-refractivity contribution in [2.45, 2.75) is 12.8 Å². The maximum Gasteiger partial charge on any atom is 0.307 e. The highest BCUT2D eigenvalue weighted by Gasteiger charge is 2.06. The van der Waals surface area contributed by atoms with E-state index in [1.165, 1.54) is 12.1 Å². The number of benzene rings is 1. The van der Waals surface area contributed by atoms with E-state index in [1.54, 1.807) is 0 Å². The first kappa shape index (κ1) is 12.2. The van der Waals surface area contributed by atoms with Crippen molar-refractivity contribution in [2.75, 3.05) is 6.61 Å². The van der Waals surface area contributed by atoms with Crippen LogP contribution in [-0.4, -0.2) is 22.8 Å². The molecule has 0 aromatic heterocycles. The van der Waals surface area contributed by atoms with E-state index in [1.807, 2.05) is 0 Å². The Kier molecular flexibility index (Phi) is 4.49. The summed E-state index contributed by atoms with van der Waals surface area (Å²) in [6.45, 7) is -0.0531. The maximum absolute atomic E-state index is 12.9. The largest absolute Gasteiger partial charge is 0.481 e. The standard InChI is InChI=1S/C12H11FO3/c13-11-5-4-9(3-1-2-6-14)10(7-11)8-12(15)16/h4-5,7,14H,2,6,8H2,(H,15,16). The van der Waals surface area contributed by atoms with Crippen molar-refractivity contribution in [3.8, 4) is 11.8 Å². The van der Waals surface area contributed by atoms with Gasteiger partial charge in [-0.15, -0.1) is 0 Å². The van der Waals surface area contributed by atoms with Crippen molar-refractivity contribution in [3.05, 3.63) is 35.1 Å². The predicted octanol–water partition coefficient (Wildman–Crippen LogP) is 1.19. The first-order valence-electron chi connectivity index (χ1n) is 4.73. The molecule has 0 fully saturated rings. The number of carbonyl (C=O) groups is 1. The normalized spacial score (nSPS) is 9.38. The van der Waals surface area contributed by atoms with E-state index < -0.39 is 11.8 Å². The zero-order valence-corrected chi connectivity index (χ0v) is 8.53. The van der Waals surface area contributed by atoms with Crippen LogP contribution in [-0.2, 0) is 11.2 Å². The Bertz CT molecular complexity index is 443. The third kappa shape index (κ3) is 3.71. The van der Waals surface area contributed by atoms with Gasteiger partial charge in [-0.1, -0.05) is 11.8 Å². The molecule has 0 amide bonds. The van der Waals surface area contributed by atoms with E-state index in [9.17, 15) is 9.18 Å². The molecule has 0 bridgehead atoms. The van der Waals surface area contributed by atoms with Gasteiger partial charge in [0.25, 0.3) is 0 Å². The van der Waals surface area contributed by atoms with Gasteiger partial charge in [0.2, 0.25) is 0 Å². The Labute approximate surface area is 92.5 Å². The van der Waals surface area contributed by atoms with E-state index in [0.29, 0.717) is 17.5 Å². The number of carboxylic acid groups (broad SMARTS) is 1. The fourth-order valence-corrected chi connectivity index (χ4v) is 1.21. The lowest BCUT2D eigenvalue weighted by Gasteiger charge is -2.01. The molecule has 0 unspecified atom stereocenters. The summed E-state index contributed by atoms with van der Waals surface area (Å²) in [4.78, 5) is 10.6. The van der Waals surface area contributed by atoms with Gasteiger partial charge < -0.3 is 10.2 Å². The van der Waals surface area contributed by atoms with Crippen LogP contribution in [0.25, 0.3) is 0 Å². The van der Waals surface area contributed by atoms with Gasteiger partial charge in [-0.25, -0.2) is 4.39 Å². The lowest BCUT2D eigenvalue weighted by molar-refractivity contribution is -0.136. The summed E-state index contributed by atoms with van der Waals surface area (Å²) in [5, 5.41) is 17.2. The Hall–Kier alpha value is -1.86. The third-order valence-electron chi connectivity index (χ3n) is 1.87. The molecule has 4 heteroatoms.